The van der Waals surface area contributed by atoms with Crippen molar-refractivity contribution < 1.29 is 8.42 Å². The minimum atomic E-state index is -3.41. The van der Waals surface area contributed by atoms with Crippen LogP contribution in [0.2, 0.25) is 4.47 Å². The van der Waals surface area contributed by atoms with E-state index in [9.17, 15) is 8.42 Å². The summed E-state index contributed by atoms with van der Waals surface area (Å²) in [5.74, 6) is 0. The summed E-state index contributed by atoms with van der Waals surface area (Å²) in [4.78, 5) is 3.80. The van der Waals surface area contributed by atoms with Crippen LogP contribution >= 0.6 is 22.9 Å². The lowest BCUT2D eigenvalue weighted by Gasteiger charge is -2.25. The zero-order chi connectivity index (χ0) is 12.5. The maximum Gasteiger partial charge on any atom is 0.254 e. The fourth-order valence-corrected chi connectivity index (χ4v) is 5.20. The van der Waals surface area contributed by atoms with Gasteiger partial charge in [-0.25, -0.2) is 13.4 Å². The van der Waals surface area contributed by atoms with Crippen molar-refractivity contribution in [2.24, 2.45) is 0 Å². The summed E-state index contributed by atoms with van der Waals surface area (Å²) in [6.45, 7) is 2.56. The van der Waals surface area contributed by atoms with Crippen LogP contribution in [0.1, 0.15) is 32.6 Å². The van der Waals surface area contributed by atoms with Gasteiger partial charge in [0, 0.05) is 12.6 Å². The maximum absolute atomic E-state index is 12.4. The molecule has 0 aliphatic carbocycles. The first-order valence-electron chi connectivity index (χ1n) is 5.65. The second-order valence-electron chi connectivity index (χ2n) is 4.25. The molecule has 0 spiro atoms. The SMILES string of the molecule is CC1CCCCCN1S(=O)(=O)c1cnc(Cl)s1. The van der Waals surface area contributed by atoms with E-state index in [1.54, 1.807) is 4.31 Å². The van der Waals surface area contributed by atoms with Crippen molar-refractivity contribution in [2.45, 2.75) is 42.9 Å². The number of sulfonamides is 1. The smallest absolute Gasteiger partial charge is 0.232 e. The topological polar surface area (TPSA) is 50.3 Å². The van der Waals surface area contributed by atoms with Gasteiger partial charge >= 0.3 is 0 Å². The van der Waals surface area contributed by atoms with Crippen molar-refractivity contribution in [2.75, 3.05) is 6.54 Å². The highest BCUT2D eigenvalue weighted by atomic mass is 35.5. The molecule has 1 unspecified atom stereocenters. The predicted octanol–water partition coefficient (Wildman–Crippen LogP) is 2.75. The van der Waals surface area contributed by atoms with E-state index in [-0.39, 0.29) is 14.7 Å². The van der Waals surface area contributed by atoms with Gasteiger partial charge in [-0.2, -0.15) is 4.31 Å². The second kappa shape index (κ2) is 5.22. The first-order valence-corrected chi connectivity index (χ1v) is 8.28. The Bertz CT molecular complexity index is 486. The summed E-state index contributed by atoms with van der Waals surface area (Å²) in [6, 6.07) is 0.0587. The zero-order valence-corrected chi connectivity index (χ0v) is 12.0. The number of rotatable bonds is 2. The Morgan fingerprint density at radius 3 is 2.88 bits per heavy atom. The molecular weight excluding hydrogens is 280 g/mol. The largest absolute Gasteiger partial charge is 0.254 e. The molecule has 0 saturated carbocycles. The van der Waals surface area contributed by atoms with Crippen molar-refractivity contribution in [3.8, 4) is 0 Å². The van der Waals surface area contributed by atoms with Crippen LogP contribution in [-0.2, 0) is 10.0 Å². The van der Waals surface area contributed by atoms with Gasteiger partial charge < -0.3 is 0 Å². The minimum Gasteiger partial charge on any atom is -0.232 e. The average Bonchev–Trinajstić information content (AvgIpc) is 2.58. The van der Waals surface area contributed by atoms with Crippen LogP contribution in [0.25, 0.3) is 0 Å². The molecule has 0 N–H and O–H groups in total. The van der Waals surface area contributed by atoms with Gasteiger partial charge in [-0.3, -0.25) is 0 Å². The molecule has 2 rings (SSSR count). The normalized spacial score (nSPS) is 23.5. The summed E-state index contributed by atoms with van der Waals surface area (Å²) in [6.07, 6.45) is 5.39. The first-order chi connectivity index (χ1) is 8.01. The molecule has 1 fully saturated rings. The monoisotopic (exact) mass is 294 g/mol. The molecule has 2 heterocycles. The molecule has 1 aromatic heterocycles. The number of nitrogens with zero attached hydrogens (tertiary/aromatic N) is 2. The molecule has 0 radical (unpaired) electrons. The molecule has 17 heavy (non-hydrogen) atoms. The van der Waals surface area contributed by atoms with Crippen molar-refractivity contribution in [3.05, 3.63) is 10.7 Å². The highest BCUT2D eigenvalue weighted by Crippen LogP contribution is 2.29. The van der Waals surface area contributed by atoms with E-state index in [2.05, 4.69) is 4.98 Å². The van der Waals surface area contributed by atoms with Gasteiger partial charge in [0.15, 0.2) is 8.68 Å². The molecule has 1 aromatic rings. The molecule has 0 aromatic carbocycles. The summed E-state index contributed by atoms with van der Waals surface area (Å²) < 4.78 is 26.9. The quantitative estimate of drug-likeness (QED) is 0.843. The van der Waals surface area contributed by atoms with Gasteiger partial charge in [-0.05, 0) is 19.8 Å². The lowest BCUT2D eigenvalue weighted by molar-refractivity contribution is 0.343. The van der Waals surface area contributed by atoms with E-state index in [1.807, 2.05) is 6.92 Å². The number of thiazole rings is 1. The second-order valence-corrected chi connectivity index (χ2v) is 7.98. The van der Waals surface area contributed by atoms with Crippen LogP contribution in [0, 0.1) is 0 Å². The Hall–Kier alpha value is -0.170. The van der Waals surface area contributed by atoms with E-state index in [4.69, 9.17) is 11.6 Å². The van der Waals surface area contributed by atoms with E-state index in [0.717, 1.165) is 37.0 Å². The molecule has 96 valence electrons. The average molecular weight is 295 g/mol. The van der Waals surface area contributed by atoms with E-state index in [1.165, 1.54) is 6.20 Å². The minimum absolute atomic E-state index is 0.0587. The molecular formula is C10H15ClN2O2S2. The van der Waals surface area contributed by atoms with Crippen LogP contribution in [0.4, 0.5) is 0 Å². The molecule has 1 aliphatic rings. The summed E-state index contributed by atoms with van der Waals surface area (Å²) in [5.41, 5.74) is 0. The Kier molecular flexibility index (Phi) is 4.07. The Labute approximate surface area is 111 Å². The predicted molar refractivity (Wildman–Crippen MR) is 68.9 cm³/mol. The first kappa shape index (κ1) is 13.3. The van der Waals surface area contributed by atoms with E-state index >= 15 is 0 Å². The number of aromatic nitrogens is 1. The Balaban J connectivity index is 2.30. The fourth-order valence-electron chi connectivity index (χ4n) is 2.08. The van der Waals surface area contributed by atoms with Crippen LogP contribution in [0.15, 0.2) is 10.4 Å². The third-order valence-corrected chi connectivity index (χ3v) is 6.58. The van der Waals surface area contributed by atoms with Crippen LogP contribution < -0.4 is 0 Å². The van der Waals surface area contributed by atoms with Gasteiger partial charge in [-0.15, -0.1) is 0 Å². The van der Waals surface area contributed by atoms with E-state index in [0.29, 0.717) is 6.54 Å². The summed E-state index contributed by atoms with van der Waals surface area (Å²) >= 11 is 6.72. The van der Waals surface area contributed by atoms with Crippen LogP contribution in [0.5, 0.6) is 0 Å². The standard InChI is InChI=1S/C10H15ClN2O2S2/c1-8-5-3-2-4-6-13(8)17(14,15)9-7-12-10(11)16-9/h7-8H,2-6H2,1H3. The zero-order valence-electron chi connectivity index (χ0n) is 9.60. The summed E-state index contributed by atoms with van der Waals surface area (Å²) in [7, 11) is -3.41. The molecule has 0 amide bonds. The summed E-state index contributed by atoms with van der Waals surface area (Å²) in [5, 5.41) is 0. The molecule has 7 heteroatoms. The molecule has 0 bridgehead atoms. The number of halogens is 1. The van der Waals surface area contributed by atoms with Crippen molar-refractivity contribution in [3.63, 3.8) is 0 Å². The Morgan fingerprint density at radius 1 is 1.47 bits per heavy atom. The lowest BCUT2D eigenvalue weighted by atomic mass is 10.1. The van der Waals surface area contributed by atoms with Gasteiger partial charge in [0.1, 0.15) is 0 Å². The molecule has 1 saturated heterocycles. The Morgan fingerprint density at radius 2 is 2.24 bits per heavy atom. The van der Waals surface area contributed by atoms with Gasteiger partial charge in [0.05, 0.1) is 6.20 Å². The molecule has 1 aliphatic heterocycles. The maximum atomic E-state index is 12.4. The molecule has 4 nitrogen and oxygen atoms in total. The molecule has 1 atom stereocenters. The van der Waals surface area contributed by atoms with Gasteiger partial charge in [0.2, 0.25) is 0 Å². The number of hydrogen-bond donors (Lipinski definition) is 0. The number of hydrogen-bond acceptors (Lipinski definition) is 4. The fraction of sp³-hybridized carbons (Fsp3) is 0.700. The third kappa shape index (κ3) is 2.81. The third-order valence-electron chi connectivity index (χ3n) is 3.01. The highest BCUT2D eigenvalue weighted by molar-refractivity contribution is 7.91. The van der Waals surface area contributed by atoms with E-state index < -0.39 is 10.0 Å². The van der Waals surface area contributed by atoms with Gasteiger partial charge in [0.25, 0.3) is 10.0 Å². The van der Waals surface area contributed by atoms with Crippen LogP contribution in [0.3, 0.4) is 0 Å². The van der Waals surface area contributed by atoms with Crippen molar-refractivity contribution in [1.82, 2.24) is 9.29 Å². The van der Waals surface area contributed by atoms with Crippen LogP contribution in [-0.4, -0.2) is 30.3 Å². The van der Waals surface area contributed by atoms with Crippen molar-refractivity contribution in [1.29, 1.82) is 0 Å². The lowest BCUT2D eigenvalue weighted by Crippen LogP contribution is -2.37. The van der Waals surface area contributed by atoms with Gasteiger partial charge in [-0.1, -0.05) is 35.8 Å². The van der Waals surface area contributed by atoms with Crippen molar-refractivity contribution >= 4 is 33.0 Å². The highest BCUT2D eigenvalue weighted by Gasteiger charge is 2.31.